The molecule has 2 N–H and O–H groups in total. The number of rotatable bonds is 11. The van der Waals surface area contributed by atoms with Crippen LogP contribution in [0.15, 0.2) is 81.1 Å². The van der Waals surface area contributed by atoms with E-state index in [9.17, 15) is 19.2 Å². The van der Waals surface area contributed by atoms with Crippen LogP contribution in [0.3, 0.4) is 0 Å². The number of ketones is 2. The van der Waals surface area contributed by atoms with Crippen LogP contribution in [0, 0.1) is 13.8 Å². The predicted octanol–water partition coefficient (Wildman–Crippen LogP) is 11.3. The van der Waals surface area contributed by atoms with E-state index in [1.807, 2.05) is 0 Å². The summed E-state index contributed by atoms with van der Waals surface area (Å²) < 4.78 is 0. The Labute approximate surface area is 317 Å². The van der Waals surface area contributed by atoms with Gasteiger partial charge in [0.05, 0.1) is 20.1 Å². The van der Waals surface area contributed by atoms with Gasteiger partial charge < -0.3 is 10.6 Å². The highest BCUT2D eigenvalue weighted by Gasteiger charge is 2.26. The van der Waals surface area contributed by atoms with Gasteiger partial charge in [-0.15, -0.1) is 0 Å². The van der Waals surface area contributed by atoms with Crippen molar-refractivity contribution in [1.82, 2.24) is 0 Å². The van der Waals surface area contributed by atoms with Crippen molar-refractivity contribution in [1.29, 1.82) is 0 Å². The lowest BCUT2D eigenvalue weighted by atomic mass is 10.0. The Morgan fingerprint density at radius 1 is 0.540 bits per heavy atom. The zero-order chi connectivity index (χ0) is 36.9. The van der Waals surface area contributed by atoms with E-state index >= 15 is 0 Å². The van der Waals surface area contributed by atoms with Crippen LogP contribution < -0.4 is 10.6 Å². The average Bonchev–Trinajstić information content (AvgIpc) is 3.03. The molecule has 2 amide bonds. The van der Waals surface area contributed by atoms with Gasteiger partial charge in [0.25, 0.3) is 11.8 Å². The molecule has 0 saturated carbocycles. The summed E-state index contributed by atoms with van der Waals surface area (Å²) >= 11 is 38.3. The van der Waals surface area contributed by atoms with Gasteiger partial charge in [-0.3, -0.25) is 19.2 Å². The van der Waals surface area contributed by atoms with E-state index in [2.05, 4.69) is 31.1 Å². The molecular formula is C34H26Cl6N6O4. The number of nitrogens with one attached hydrogen (secondary N) is 2. The highest BCUT2D eigenvalue weighted by Crippen LogP contribution is 2.43. The van der Waals surface area contributed by atoms with Crippen molar-refractivity contribution in [3.8, 4) is 11.1 Å². The number of benzene rings is 4. The molecule has 2 atom stereocenters. The van der Waals surface area contributed by atoms with E-state index < -0.39 is 35.5 Å². The minimum Gasteiger partial charge on any atom is -0.323 e. The first kappa shape index (κ1) is 38.9. The second-order valence-electron chi connectivity index (χ2n) is 10.9. The molecule has 0 spiro atoms. The van der Waals surface area contributed by atoms with Crippen molar-refractivity contribution in [2.75, 3.05) is 10.6 Å². The Hall–Kier alpha value is -3.90. The zero-order valence-corrected chi connectivity index (χ0v) is 31.2. The normalized spacial score (nSPS) is 12.6. The van der Waals surface area contributed by atoms with Gasteiger partial charge in [0, 0.05) is 32.5 Å². The summed E-state index contributed by atoms with van der Waals surface area (Å²) in [5, 5.41) is 22.5. The van der Waals surface area contributed by atoms with Gasteiger partial charge >= 0.3 is 0 Å². The smallest absolute Gasteiger partial charge is 0.258 e. The molecule has 4 aromatic carbocycles. The molecule has 0 aliphatic rings. The number of hydrogen-bond donors (Lipinski definition) is 2. The number of nitrogens with zero attached hydrogens (tertiary/aromatic N) is 4. The Morgan fingerprint density at radius 3 is 1.24 bits per heavy atom. The van der Waals surface area contributed by atoms with E-state index in [1.165, 1.54) is 38.1 Å². The molecule has 50 heavy (non-hydrogen) atoms. The number of azo groups is 2. The van der Waals surface area contributed by atoms with Gasteiger partial charge in [-0.1, -0.05) is 81.7 Å². The lowest BCUT2D eigenvalue weighted by Crippen LogP contribution is -2.32. The standard InChI is InChI=1S/C34H26Cl6N6O4/c1-15-5-7-19(35)9-27(15)41-33(49)31(17(3)47)45-43-29-13-23(37)21(11-25(29)39)22-12-26(40)30(14-24(22)38)44-46-32(18(4)48)34(50)42-28-10-20(36)8-6-16(28)2/h5-14,31-32H,1-4H3,(H,41,49)(H,42,50). The highest BCUT2D eigenvalue weighted by molar-refractivity contribution is 6.40. The minimum absolute atomic E-state index is 0.0720. The lowest BCUT2D eigenvalue weighted by molar-refractivity contribution is -0.127. The van der Waals surface area contributed by atoms with E-state index in [-0.39, 0.29) is 31.5 Å². The number of hydrogen-bond acceptors (Lipinski definition) is 8. The highest BCUT2D eigenvalue weighted by atomic mass is 35.5. The van der Waals surface area contributed by atoms with Crippen LogP contribution in [-0.4, -0.2) is 35.5 Å². The Morgan fingerprint density at radius 2 is 0.900 bits per heavy atom. The Bertz CT molecular complexity index is 1940. The van der Waals surface area contributed by atoms with E-state index in [1.54, 1.807) is 50.2 Å². The predicted molar refractivity (Wildman–Crippen MR) is 200 cm³/mol. The molecule has 0 aliphatic heterocycles. The third kappa shape index (κ3) is 9.66. The fourth-order valence-electron chi connectivity index (χ4n) is 4.38. The molecule has 4 rings (SSSR count). The molecule has 10 nitrogen and oxygen atoms in total. The van der Waals surface area contributed by atoms with E-state index in [4.69, 9.17) is 69.6 Å². The average molecular weight is 795 g/mol. The first-order valence-corrected chi connectivity index (χ1v) is 16.8. The van der Waals surface area contributed by atoms with E-state index in [0.29, 0.717) is 32.5 Å². The minimum atomic E-state index is -1.48. The molecule has 0 aliphatic carbocycles. The van der Waals surface area contributed by atoms with Crippen LogP contribution in [0.25, 0.3) is 11.1 Å². The van der Waals surface area contributed by atoms with Gasteiger partial charge in [0.15, 0.2) is 11.6 Å². The number of halogens is 6. The third-order valence-electron chi connectivity index (χ3n) is 7.11. The maximum absolute atomic E-state index is 12.9. The summed E-state index contributed by atoms with van der Waals surface area (Å²) in [5.41, 5.74) is 3.18. The number of carbonyl (C=O) groups is 4. The summed E-state index contributed by atoms with van der Waals surface area (Å²) in [4.78, 5) is 50.4. The van der Waals surface area contributed by atoms with Crippen molar-refractivity contribution < 1.29 is 19.2 Å². The second kappa shape index (κ2) is 16.9. The molecule has 0 radical (unpaired) electrons. The molecule has 4 aromatic rings. The molecule has 0 heterocycles. The largest absolute Gasteiger partial charge is 0.323 e. The van der Waals surface area contributed by atoms with Gasteiger partial charge in [-0.2, -0.15) is 20.5 Å². The van der Waals surface area contributed by atoms with Crippen molar-refractivity contribution >= 4 is 116 Å². The second-order valence-corrected chi connectivity index (χ2v) is 13.4. The molecule has 0 bridgehead atoms. The van der Waals surface area contributed by atoms with Crippen LogP contribution in [0.5, 0.6) is 0 Å². The first-order chi connectivity index (χ1) is 23.5. The van der Waals surface area contributed by atoms with Crippen molar-refractivity contribution in [3.63, 3.8) is 0 Å². The van der Waals surface area contributed by atoms with Crippen molar-refractivity contribution in [2.45, 2.75) is 39.8 Å². The molecule has 258 valence electrons. The summed E-state index contributed by atoms with van der Waals surface area (Å²) in [6, 6.07) is 12.6. The van der Waals surface area contributed by atoms with Gasteiger partial charge in [-0.05, 0) is 87.4 Å². The van der Waals surface area contributed by atoms with Crippen LogP contribution >= 0.6 is 69.6 Å². The number of anilines is 2. The molecule has 16 heteroatoms. The topological polar surface area (TPSA) is 142 Å². The monoisotopic (exact) mass is 792 g/mol. The van der Waals surface area contributed by atoms with E-state index in [0.717, 1.165) is 11.1 Å². The van der Waals surface area contributed by atoms with Gasteiger partial charge in [0.2, 0.25) is 12.1 Å². The summed E-state index contributed by atoms with van der Waals surface area (Å²) in [7, 11) is 0. The Balaban J connectivity index is 1.56. The maximum atomic E-state index is 12.9. The van der Waals surface area contributed by atoms with Crippen LogP contribution in [0.4, 0.5) is 22.7 Å². The maximum Gasteiger partial charge on any atom is 0.258 e. The lowest BCUT2D eigenvalue weighted by Gasteiger charge is -2.13. The number of Topliss-reactive ketones (excluding diaryl/α,β-unsaturated/α-hetero) is 2. The molecule has 0 fully saturated rings. The number of carbonyl (C=O) groups excluding carboxylic acids is 4. The quantitative estimate of drug-likeness (QED) is 0.115. The van der Waals surface area contributed by atoms with Gasteiger partial charge in [0.1, 0.15) is 11.4 Å². The molecule has 0 saturated heterocycles. The summed E-state index contributed by atoms with van der Waals surface area (Å²) in [6.07, 6.45) is 0. The van der Waals surface area contributed by atoms with Gasteiger partial charge in [-0.25, -0.2) is 0 Å². The zero-order valence-electron chi connectivity index (χ0n) is 26.6. The van der Waals surface area contributed by atoms with Crippen LogP contribution in [0.2, 0.25) is 30.1 Å². The Kier molecular flexibility index (Phi) is 13.1. The first-order valence-electron chi connectivity index (χ1n) is 14.5. The van der Waals surface area contributed by atoms with Crippen molar-refractivity contribution in [3.05, 3.63) is 102 Å². The number of amides is 2. The van der Waals surface area contributed by atoms with Crippen LogP contribution in [0.1, 0.15) is 25.0 Å². The molecular weight excluding hydrogens is 769 g/mol. The fraction of sp³-hybridized carbons (Fsp3) is 0.176. The summed E-state index contributed by atoms with van der Waals surface area (Å²) in [6.45, 7) is 5.95. The molecule has 2 unspecified atom stereocenters. The molecule has 0 aromatic heterocycles. The number of aryl methyl sites for hydroxylation is 2. The van der Waals surface area contributed by atoms with Crippen LogP contribution in [-0.2, 0) is 19.2 Å². The fourth-order valence-corrected chi connectivity index (χ4v) is 5.64. The third-order valence-corrected chi connectivity index (χ3v) is 8.81. The SMILES string of the molecule is CC(=O)C(N=Nc1cc(Cl)c(-c2cc(Cl)c(N=NC(C(C)=O)C(=O)Nc3cc(Cl)ccc3C)cc2Cl)cc1Cl)C(=O)Nc1cc(Cl)ccc1C. The summed E-state index contributed by atoms with van der Waals surface area (Å²) in [5.74, 6) is -2.55. The van der Waals surface area contributed by atoms with Crippen molar-refractivity contribution in [2.24, 2.45) is 20.5 Å².